The van der Waals surface area contributed by atoms with Crippen LogP contribution in [-0.2, 0) is 12.0 Å². The monoisotopic (exact) mass is 423 g/mol. The molecule has 2 aromatic rings. The third-order valence-corrected chi connectivity index (χ3v) is 5.84. The summed E-state index contributed by atoms with van der Waals surface area (Å²) >= 11 is 0. The topological polar surface area (TPSA) is 52.9 Å². The second-order valence-corrected chi connectivity index (χ2v) is 8.40. The van der Waals surface area contributed by atoms with Crippen molar-refractivity contribution in [3.8, 4) is 5.75 Å². The van der Waals surface area contributed by atoms with Crippen LogP contribution in [0, 0.1) is 5.41 Å². The first kappa shape index (κ1) is 22.6. The number of aryl methyl sites for hydroxylation is 1. The molecule has 3 rings (SSSR count). The van der Waals surface area contributed by atoms with Gasteiger partial charge in [0.2, 0.25) is 0 Å². The lowest BCUT2D eigenvalue weighted by Gasteiger charge is -2.56. The average molecular weight is 423 g/mol. The number of nitrogens with zero attached hydrogens (tertiary/aromatic N) is 1. The fourth-order valence-electron chi connectivity index (χ4n) is 4.53. The fraction of sp³-hybridized carbons (Fsp3) is 0.478. The Bertz CT molecular complexity index is 848. The highest BCUT2D eigenvalue weighted by Crippen LogP contribution is 2.50. The molecule has 0 aliphatic carbocycles. The molecule has 1 saturated heterocycles. The van der Waals surface area contributed by atoms with Crippen molar-refractivity contribution >= 4 is 0 Å². The Morgan fingerprint density at radius 3 is 2.27 bits per heavy atom. The highest BCUT2D eigenvalue weighted by molar-refractivity contribution is 5.43. The van der Waals surface area contributed by atoms with Crippen molar-refractivity contribution in [3.05, 3.63) is 65.2 Å². The van der Waals surface area contributed by atoms with Crippen molar-refractivity contribution in [1.29, 1.82) is 0 Å². The zero-order valence-electron chi connectivity index (χ0n) is 17.2. The maximum atomic E-state index is 12.5. The van der Waals surface area contributed by atoms with Crippen LogP contribution in [-0.4, -0.2) is 48.2 Å². The highest BCUT2D eigenvalue weighted by Gasteiger charge is 2.55. The van der Waals surface area contributed by atoms with Crippen LogP contribution in [0.1, 0.15) is 36.5 Å². The number of ether oxygens (including phenoxy) is 1. The summed E-state index contributed by atoms with van der Waals surface area (Å²) < 4.78 is 41.5. The molecule has 2 N–H and O–H groups in total. The number of hydrogen-bond donors (Lipinski definition) is 2. The first-order valence-electron chi connectivity index (χ1n) is 10.0. The van der Waals surface area contributed by atoms with Gasteiger partial charge in [-0.2, -0.15) is 0 Å². The molecule has 2 aromatic carbocycles. The van der Waals surface area contributed by atoms with Gasteiger partial charge in [0.25, 0.3) is 0 Å². The molecule has 0 bridgehead atoms. The Morgan fingerprint density at radius 2 is 1.70 bits per heavy atom. The van der Waals surface area contributed by atoms with E-state index in [0.717, 1.165) is 18.4 Å². The molecule has 0 spiro atoms. The number of benzene rings is 2. The van der Waals surface area contributed by atoms with Gasteiger partial charge in [0.1, 0.15) is 11.4 Å². The third-order valence-electron chi connectivity index (χ3n) is 5.84. The standard InChI is InChI=1S/C23H28F3NO3/c1-21(15-27(2)16-21)22(29,18-9-11-20(12-10-18)30-23(24,25)26)19-8-5-7-17(14-19)6-3-4-13-28/h5,7-12,14,28-29H,3-4,6,13,15-16H2,1-2H3. The van der Waals surface area contributed by atoms with Crippen molar-refractivity contribution in [2.45, 2.75) is 38.1 Å². The van der Waals surface area contributed by atoms with E-state index in [1.807, 2.05) is 38.2 Å². The van der Waals surface area contributed by atoms with Gasteiger partial charge in [-0.3, -0.25) is 0 Å². The Kier molecular flexibility index (Phi) is 6.45. The maximum Gasteiger partial charge on any atom is 0.573 e. The third kappa shape index (κ3) is 4.63. The summed E-state index contributed by atoms with van der Waals surface area (Å²) in [7, 11) is 1.97. The van der Waals surface area contributed by atoms with E-state index in [-0.39, 0.29) is 12.4 Å². The van der Waals surface area contributed by atoms with E-state index in [4.69, 9.17) is 5.11 Å². The predicted octanol–water partition coefficient (Wildman–Crippen LogP) is 4.09. The van der Waals surface area contributed by atoms with E-state index in [2.05, 4.69) is 9.64 Å². The smallest absolute Gasteiger partial charge is 0.406 e. The van der Waals surface area contributed by atoms with Crippen LogP contribution >= 0.6 is 0 Å². The van der Waals surface area contributed by atoms with Crippen LogP contribution in [0.2, 0.25) is 0 Å². The lowest BCUT2D eigenvalue weighted by Crippen LogP contribution is -2.63. The Labute approximate surface area is 174 Å². The first-order valence-corrected chi connectivity index (χ1v) is 10.0. The lowest BCUT2D eigenvalue weighted by atomic mass is 9.62. The number of rotatable bonds is 8. The van der Waals surface area contributed by atoms with Gasteiger partial charge < -0.3 is 19.8 Å². The molecule has 1 aliphatic rings. The van der Waals surface area contributed by atoms with Gasteiger partial charge in [-0.05, 0) is 55.1 Å². The fourth-order valence-corrected chi connectivity index (χ4v) is 4.53. The molecule has 30 heavy (non-hydrogen) atoms. The van der Waals surface area contributed by atoms with Crippen LogP contribution in [0.4, 0.5) is 13.2 Å². The molecule has 1 fully saturated rings. The largest absolute Gasteiger partial charge is 0.573 e. The molecule has 7 heteroatoms. The highest BCUT2D eigenvalue weighted by atomic mass is 19.4. The molecule has 0 saturated carbocycles. The van der Waals surface area contributed by atoms with Crippen molar-refractivity contribution in [2.24, 2.45) is 5.41 Å². The molecule has 1 aliphatic heterocycles. The molecular weight excluding hydrogens is 395 g/mol. The zero-order chi connectivity index (χ0) is 22.0. The minimum Gasteiger partial charge on any atom is -0.406 e. The van der Waals surface area contributed by atoms with Crippen LogP contribution in [0.15, 0.2) is 48.5 Å². The van der Waals surface area contributed by atoms with Crippen molar-refractivity contribution in [1.82, 2.24) is 4.90 Å². The van der Waals surface area contributed by atoms with Crippen molar-refractivity contribution in [3.63, 3.8) is 0 Å². The number of aliphatic hydroxyl groups is 2. The summed E-state index contributed by atoms with van der Waals surface area (Å²) in [6.07, 6.45) is -2.44. The molecule has 1 unspecified atom stereocenters. The zero-order valence-corrected chi connectivity index (χ0v) is 17.2. The van der Waals surface area contributed by atoms with Gasteiger partial charge in [-0.15, -0.1) is 13.2 Å². The minimum atomic E-state index is -4.76. The second-order valence-electron chi connectivity index (χ2n) is 8.40. The first-order chi connectivity index (χ1) is 14.1. The number of aliphatic hydroxyl groups excluding tert-OH is 1. The van der Waals surface area contributed by atoms with E-state index < -0.39 is 17.4 Å². The van der Waals surface area contributed by atoms with Crippen LogP contribution in [0.25, 0.3) is 0 Å². The van der Waals surface area contributed by atoms with Gasteiger partial charge in [0.05, 0.1) is 0 Å². The Morgan fingerprint density at radius 1 is 1.03 bits per heavy atom. The summed E-state index contributed by atoms with van der Waals surface area (Å²) in [4.78, 5) is 2.09. The summed E-state index contributed by atoms with van der Waals surface area (Å²) in [5, 5.41) is 21.1. The number of halogens is 3. The molecule has 0 radical (unpaired) electrons. The van der Waals surface area contributed by atoms with Gasteiger partial charge in [-0.25, -0.2) is 0 Å². The van der Waals surface area contributed by atoms with E-state index in [1.165, 1.54) is 24.3 Å². The molecule has 164 valence electrons. The van der Waals surface area contributed by atoms with Gasteiger partial charge in [0.15, 0.2) is 0 Å². The quantitative estimate of drug-likeness (QED) is 0.628. The number of alkyl halides is 3. The maximum absolute atomic E-state index is 12.5. The molecule has 0 amide bonds. The molecule has 1 atom stereocenters. The SMILES string of the molecule is CN1CC(C)(C(O)(c2ccc(OC(F)(F)F)cc2)c2cccc(CCCCO)c2)C1. The Balaban J connectivity index is 1.98. The van der Waals surface area contributed by atoms with Gasteiger partial charge in [-0.1, -0.05) is 43.3 Å². The van der Waals surface area contributed by atoms with Crippen molar-refractivity contribution < 1.29 is 28.1 Å². The minimum absolute atomic E-state index is 0.139. The number of hydrogen-bond acceptors (Lipinski definition) is 4. The molecule has 0 aromatic heterocycles. The van der Waals surface area contributed by atoms with E-state index >= 15 is 0 Å². The summed E-state index contributed by atoms with van der Waals surface area (Å²) in [5.41, 5.74) is 0.415. The van der Waals surface area contributed by atoms with Crippen LogP contribution in [0.5, 0.6) is 5.75 Å². The average Bonchev–Trinajstić information content (AvgIpc) is 2.66. The Hall–Kier alpha value is -2.09. The second kappa shape index (κ2) is 8.57. The number of likely N-dealkylation sites (tertiary alicyclic amines) is 1. The van der Waals surface area contributed by atoms with Crippen LogP contribution in [0.3, 0.4) is 0 Å². The van der Waals surface area contributed by atoms with E-state index in [1.54, 1.807) is 0 Å². The van der Waals surface area contributed by atoms with Gasteiger partial charge in [0, 0.05) is 25.1 Å². The van der Waals surface area contributed by atoms with Crippen molar-refractivity contribution in [2.75, 3.05) is 26.7 Å². The summed E-state index contributed by atoms with van der Waals surface area (Å²) in [5.74, 6) is -0.317. The van der Waals surface area contributed by atoms with E-state index in [0.29, 0.717) is 30.6 Å². The van der Waals surface area contributed by atoms with Gasteiger partial charge >= 0.3 is 6.36 Å². The summed E-state index contributed by atoms with van der Waals surface area (Å²) in [6.45, 7) is 3.43. The number of unbranched alkanes of at least 4 members (excludes halogenated alkanes) is 1. The van der Waals surface area contributed by atoms with Crippen LogP contribution < -0.4 is 4.74 Å². The lowest BCUT2D eigenvalue weighted by molar-refractivity contribution is -0.274. The normalized spacial score (nSPS) is 18.5. The molecule has 1 heterocycles. The molecular formula is C23H28F3NO3. The molecule has 4 nitrogen and oxygen atoms in total. The van der Waals surface area contributed by atoms with E-state index in [9.17, 15) is 18.3 Å². The predicted molar refractivity (Wildman–Crippen MR) is 108 cm³/mol. The summed E-state index contributed by atoms with van der Waals surface area (Å²) in [6, 6.07) is 13.2.